The van der Waals surface area contributed by atoms with Crippen LogP contribution in [0, 0.1) is 11.3 Å². The van der Waals surface area contributed by atoms with Crippen LogP contribution in [0.1, 0.15) is 64.9 Å². The van der Waals surface area contributed by atoms with E-state index in [1.807, 2.05) is 13.8 Å². The van der Waals surface area contributed by atoms with Crippen molar-refractivity contribution < 1.29 is 33.9 Å². The molecule has 286 valence electrons. The fourth-order valence-corrected chi connectivity index (χ4v) is 4.97. The van der Waals surface area contributed by atoms with Crippen LogP contribution in [0.3, 0.4) is 0 Å². The van der Waals surface area contributed by atoms with Crippen molar-refractivity contribution in [3.8, 4) is 0 Å². The molecule has 6 atom stereocenters. The molecule has 0 heterocycles. The van der Waals surface area contributed by atoms with Crippen LogP contribution in [0.25, 0.3) is 0 Å². The van der Waals surface area contributed by atoms with Gasteiger partial charge in [-0.3, -0.25) is 34.2 Å². The summed E-state index contributed by atoms with van der Waals surface area (Å²) in [5, 5.41) is 33.2. The van der Waals surface area contributed by atoms with E-state index in [0.717, 1.165) is 0 Å². The number of benzene rings is 1. The first-order valence-corrected chi connectivity index (χ1v) is 17.1. The molecule has 0 saturated carbocycles. The maximum Gasteiger partial charge on any atom is 0.245 e. The third kappa shape index (κ3) is 18.1. The van der Waals surface area contributed by atoms with Crippen LogP contribution in [-0.2, 0) is 35.2 Å². The average molecular weight is 720 g/mol. The minimum Gasteiger partial charge on any atom is -0.391 e. The fraction of sp³-hybridized carbons (Fsp3) is 0.606. The highest BCUT2D eigenvalue weighted by Gasteiger charge is 2.34. The van der Waals surface area contributed by atoms with Gasteiger partial charge < -0.3 is 59.9 Å². The van der Waals surface area contributed by atoms with Crippen molar-refractivity contribution in [3.63, 3.8) is 0 Å². The fourth-order valence-electron chi connectivity index (χ4n) is 4.97. The van der Waals surface area contributed by atoms with Crippen molar-refractivity contribution in [1.29, 1.82) is 5.41 Å². The number of hydrogen-bond acceptors (Lipinski definition) is 10. The lowest BCUT2D eigenvalue weighted by Gasteiger charge is -2.28. The van der Waals surface area contributed by atoms with Gasteiger partial charge in [0, 0.05) is 13.0 Å². The van der Waals surface area contributed by atoms with Crippen LogP contribution < -0.4 is 54.8 Å². The molecule has 51 heavy (non-hydrogen) atoms. The number of aliphatic hydroxyl groups is 1. The lowest BCUT2D eigenvalue weighted by atomic mass is 10.00. The van der Waals surface area contributed by atoms with Crippen molar-refractivity contribution in [2.75, 3.05) is 19.6 Å². The molecule has 0 aliphatic rings. The standard InChI is InChI=1S/C33H57N11O7/c1-19(2)16-24(31(50)42-25(29(48)40-18-26(36)46)17-21-10-5-4-6-11-21)43-32(51)27(20(3)45)44-30(49)23(13-9-15-39-33(37)38)41-28(47)22(35)12-7-8-14-34/h4-6,10-11,19-20,22-25,27,45H,7-9,12-18,34-35H2,1-3H3,(H2,36,46)(H,40,48)(H,41,47)(H,42,50)(H,43,51)(H,44,49)(H4,37,38,39)/t20-,22+,23+,24+,25+,27+/m1/s1. The summed E-state index contributed by atoms with van der Waals surface area (Å²) in [7, 11) is 0. The number of guanidine groups is 1. The van der Waals surface area contributed by atoms with Crippen LogP contribution in [0.15, 0.2) is 30.3 Å². The van der Waals surface area contributed by atoms with E-state index in [0.29, 0.717) is 37.8 Å². The lowest BCUT2D eigenvalue weighted by Crippen LogP contribution is -2.61. The Kier molecular flexibility index (Phi) is 20.4. The SMILES string of the molecule is CC(C)C[C@H](NC(=O)[C@@H](NC(=O)[C@H](CCCNC(=N)N)NC(=O)[C@@H](N)CCCCN)[C@@H](C)O)C(=O)N[C@@H](Cc1ccccc1)C(=O)NCC(N)=O. The molecule has 0 bridgehead atoms. The van der Waals surface area contributed by atoms with Gasteiger partial charge in [-0.25, -0.2) is 0 Å². The maximum atomic E-state index is 13.6. The van der Waals surface area contributed by atoms with E-state index in [1.165, 1.54) is 6.92 Å². The zero-order valence-corrected chi connectivity index (χ0v) is 29.7. The van der Waals surface area contributed by atoms with E-state index < -0.39 is 78.3 Å². The molecule has 0 fully saturated rings. The predicted molar refractivity (Wildman–Crippen MR) is 191 cm³/mol. The summed E-state index contributed by atoms with van der Waals surface area (Å²) in [4.78, 5) is 77.8. The second-order valence-electron chi connectivity index (χ2n) is 12.8. The quantitative estimate of drug-likeness (QED) is 0.0289. The van der Waals surface area contributed by atoms with Gasteiger partial charge in [0.1, 0.15) is 24.2 Å². The smallest absolute Gasteiger partial charge is 0.245 e. The zero-order chi connectivity index (χ0) is 38.5. The highest BCUT2D eigenvalue weighted by molar-refractivity contribution is 5.96. The van der Waals surface area contributed by atoms with Crippen LogP contribution >= 0.6 is 0 Å². The van der Waals surface area contributed by atoms with Crippen molar-refractivity contribution in [2.45, 2.75) is 102 Å². The highest BCUT2D eigenvalue weighted by atomic mass is 16.3. The van der Waals surface area contributed by atoms with Crippen molar-refractivity contribution in [1.82, 2.24) is 31.9 Å². The van der Waals surface area contributed by atoms with E-state index in [4.69, 9.17) is 28.3 Å². The number of aliphatic hydroxyl groups excluding tert-OH is 1. The minimum atomic E-state index is -1.55. The Morgan fingerprint density at radius 3 is 1.92 bits per heavy atom. The van der Waals surface area contributed by atoms with Gasteiger partial charge in [0.05, 0.1) is 18.7 Å². The topological polar surface area (TPSA) is 323 Å². The first-order valence-electron chi connectivity index (χ1n) is 17.1. The number of carbonyl (C=O) groups excluding carboxylic acids is 6. The number of nitrogens with two attached hydrogens (primary N) is 4. The van der Waals surface area contributed by atoms with E-state index in [-0.39, 0.29) is 37.7 Å². The summed E-state index contributed by atoms with van der Waals surface area (Å²) in [6.07, 6.45) is 0.724. The number of primary amides is 1. The summed E-state index contributed by atoms with van der Waals surface area (Å²) < 4.78 is 0. The van der Waals surface area contributed by atoms with Crippen LogP contribution in [0.4, 0.5) is 0 Å². The lowest BCUT2D eigenvalue weighted by molar-refractivity contribution is -0.136. The third-order valence-corrected chi connectivity index (χ3v) is 7.68. The number of amides is 6. The zero-order valence-electron chi connectivity index (χ0n) is 29.7. The van der Waals surface area contributed by atoms with Crippen molar-refractivity contribution in [3.05, 3.63) is 35.9 Å². The monoisotopic (exact) mass is 719 g/mol. The van der Waals surface area contributed by atoms with Gasteiger partial charge >= 0.3 is 0 Å². The van der Waals surface area contributed by atoms with Crippen LogP contribution in [0.5, 0.6) is 0 Å². The molecule has 1 rings (SSSR count). The van der Waals surface area contributed by atoms with E-state index in [9.17, 15) is 33.9 Å². The molecule has 0 saturated heterocycles. The van der Waals surface area contributed by atoms with Crippen molar-refractivity contribution >= 4 is 41.4 Å². The number of nitrogens with one attached hydrogen (secondary N) is 7. The molecule has 0 radical (unpaired) electrons. The van der Waals surface area contributed by atoms with Crippen LogP contribution in [-0.4, -0.2) is 102 Å². The molecule has 18 nitrogen and oxygen atoms in total. The van der Waals surface area contributed by atoms with Crippen molar-refractivity contribution in [2.24, 2.45) is 28.9 Å². The molecule has 16 N–H and O–H groups in total. The summed E-state index contributed by atoms with van der Waals surface area (Å²) in [6, 6.07) is 2.86. The molecule has 18 heteroatoms. The summed E-state index contributed by atoms with van der Waals surface area (Å²) in [5.74, 6) is -4.82. The Balaban J connectivity index is 3.18. The van der Waals surface area contributed by atoms with Crippen LogP contribution in [0.2, 0.25) is 0 Å². The van der Waals surface area contributed by atoms with E-state index >= 15 is 0 Å². The van der Waals surface area contributed by atoms with E-state index in [2.05, 4.69) is 31.9 Å². The molecule has 0 unspecified atom stereocenters. The Bertz CT molecular complexity index is 1300. The van der Waals surface area contributed by atoms with Gasteiger partial charge in [0.2, 0.25) is 35.4 Å². The highest BCUT2D eigenvalue weighted by Crippen LogP contribution is 2.10. The normalized spacial score (nSPS) is 14.5. The molecule has 0 aliphatic heterocycles. The molecule has 6 amide bonds. The average Bonchev–Trinajstić information content (AvgIpc) is 3.06. The molecular formula is C33H57N11O7. The Morgan fingerprint density at radius 1 is 0.745 bits per heavy atom. The Morgan fingerprint density at radius 2 is 1.35 bits per heavy atom. The largest absolute Gasteiger partial charge is 0.391 e. The summed E-state index contributed by atoms with van der Waals surface area (Å²) in [5.41, 5.74) is 22.8. The van der Waals surface area contributed by atoms with Gasteiger partial charge in [-0.2, -0.15) is 0 Å². The first-order chi connectivity index (χ1) is 24.0. The van der Waals surface area contributed by atoms with Gasteiger partial charge in [0.15, 0.2) is 5.96 Å². The molecular weight excluding hydrogens is 662 g/mol. The number of unbranched alkanes of at least 4 members (excludes halogenated alkanes) is 1. The molecule has 1 aromatic rings. The predicted octanol–water partition coefficient (Wildman–Crippen LogP) is -3.08. The number of hydrogen-bond donors (Lipinski definition) is 12. The number of rotatable bonds is 24. The summed E-state index contributed by atoms with van der Waals surface area (Å²) in [6.45, 7) is 5.11. The number of carbonyl (C=O) groups is 6. The minimum absolute atomic E-state index is 0.0671. The van der Waals surface area contributed by atoms with Gasteiger partial charge in [-0.05, 0) is 57.1 Å². The second kappa shape index (κ2) is 23.6. The molecule has 0 aromatic heterocycles. The Hall–Kier alpha value is -4.81. The van der Waals surface area contributed by atoms with Gasteiger partial charge in [0.25, 0.3) is 0 Å². The van der Waals surface area contributed by atoms with Gasteiger partial charge in [-0.1, -0.05) is 50.6 Å². The summed E-state index contributed by atoms with van der Waals surface area (Å²) >= 11 is 0. The molecule has 0 aliphatic carbocycles. The van der Waals surface area contributed by atoms with E-state index in [1.54, 1.807) is 30.3 Å². The van der Waals surface area contributed by atoms with Gasteiger partial charge in [-0.15, -0.1) is 0 Å². The Labute approximate surface area is 298 Å². The molecule has 1 aromatic carbocycles. The first kappa shape index (κ1) is 44.2. The third-order valence-electron chi connectivity index (χ3n) is 7.68. The maximum absolute atomic E-state index is 13.6. The molecule has 0 spiro atoms. The second-order valence-corrected chi connectivity index (χ2v) is 12.8.